The van der Waals surface area contributed by atoms with Gasteiger partial charge in [-0.15, -0.1) is 11.3 Å². The second-order valence-corrected chi connectivity index (χ2v) is 5.77. The highest BCUT2D eigenvalue weighted by molar-refractivity contribution is 7.17. The maximum Gasteiger partial charge on any atom is 0.194 e. The molecule has 2 heterocycles. The van der Waals surface area contributed by atoms with Crippen molar-refractivity contribution in [2.75, 3.05) is 14.2 Å². The standard InChI is InChI=1S/C16H16N2O3S/c1-4-14-15(18-10(9-19)8-17-16(18)22-14)12-7-11(20-2)5-6-13(12)21-3/h5-9H,4H2,1-3H3. The number of aryl methyl sites for hydroxylation is 1. The second-order valence-electron chi connectivity index (χ2n) is 4.71. The number of thiazole rings is 1. The van der Waals surface area contributed by atoms with Crippen LogP contribution in [0.1, 0.15) is 22.3 Å². The molecule has 3 aromatic rings. The summed E-state index contributed by atoms with van der Waals surface area (Å²) in [4.78, 5) is 17.6. The smallest absolute Gasteiger partial charge is 0.194 e. The molecule has 5 nitrogen and oxygen atoms in total. The van der Waals surface area contributed by atoms with Gasteiger partial charge in [-0.05, 0) is 24.6 Å². The van der Waals surface area contributed by atoms with Crippen molar-refractivity contribution in [3.05, 3.63) is 35.0 Å². The summed E-state index contributed by atoms with van der Waals surface area (Å²) >= 11 is 1.58. The zero-order valence-corrected chi connectivity index (χ0v) is 13.4. The number of fused-ring (bicyclic) bond motifs is 1. The van der Waals surface area contributed by atoms with Crippen LogP contribution in [-0.4, -0.2) is 29.9 Å². The molecule has 0 atom stereocenters. The lowest BCUT2D eigenvalue weighted by Crippen LogP contribution is -1.97. The van der Waals surface area contributed by atoms with Crippen molar-refractivity contribution >= 4 is 22.6 Å². The Kier molecular flexibility index (Phi) is 3.85. The van der Waals surface area contributed by atoms with Crippen LogP contribution in [0.25, 0.3) is 16.2 Å². The lowest BCUT2D eigenvalue weighted by Gasteiger charge is -2.12. The van der Waals surface area contributed by atoms with Gasteiger partial charge in [0.05, 0.1) is 26.1 Å². The summed E-state index contributed by atoms with van der Waals surface area (Å²) in [6.07, 6.45) is 3.26. The maximum absolute atomic E-state index is 11.3. The van der Waals surface area contributed by atoms with Gasteiger partial charge >= 0.3 is 0 Å². The van der Waals surface area contributed by atoms with E-state index in [1.807, 2.05) is 22.6 Å². The van der Waals surface area contributed by atoms with Gasteiger partial charge in [-0.2, -0.15) is 0 Å². The van der Waals surface area contributed by atoms with Crippen molar-refractivity contribution in [1.29, 1.82) is 0 Å². The number of aromatic nitrogens is 2. The van der Waals surface area contributed by atoms with Crippen molar-refractivity contribution in [2.24, 2.45) is 0 Å². The molecule has 0 fully saturated rings. The monoisotopic (exact) mass is 316 g/mol. The summed E-state index contributed by atoms with van der Waals surface area (Å²) in [5.74, 6) is 1.48. The predicted octanol–water partition coefficient (Wildman–Crippen LogP) is 3.45. The maximum atomic E-state index is 11.3. The highest BCUT2D eigenvalue weighted by atomic mass is 32.1. The Hall–Kier alpha value is -2.34. The van der Waals surface area contributed by atoms with Gasteiger partial charge in [0, 0.05) is 10.4 Å². The number of aldehydes is 1. The number of carbonyl (C=O) groups excluding carboxylic acids is 1. The van der Waals surface area contributed by atoms with E-state index in [9.17, 15) is 4.79 Å². The van der Waals surface area contributed by atoms with Gasteiger partial charge in [0.1, 0.15) is 17.2 Å². The normalized spacial score (nSPS) is 10.9. The van der Waals surface area contributed by atoms with Crippen molar-refractivity contribution in [1.82, 2.24) is 9.38 Å². The number of nitrogens with zero attached hydrogens (tertiary/aromatic N) is 2. The van der Waals surface area contributed by atoms with Crippen LogP contribution in [0.2, 0.25) is 0 Å². The Morgan fingerprint density at radius 2 is 2.14 bits per heavy atom. The van der Waals surface area contributed by atoms with Crippen LogP contribution in [0, 0.1) is 0 Å². The number of carbonyl (C=O) groups is 1. The summed E-state index contributed by atoms with van der Waals surface area (Å²) in [6, 6.07) is 5.65. The van der Waals surface area contributed by atoms with Crippen LogP contribution in [0.15, 0.2) is 24.4 Å². The highest BCUT2D eigenvalue weighted by Gasteiger charge is 2.20. The number of ether oxygens (including phenoxy) is 2. The molecule has 6 heteroatoms. The van der Waals surface area contributed by atoms with Gasteiger partial charge in [-0.25, -0.2) is 4.98 Å². The van der Waals surface area contributed by atoms with E-state index < -0.39 is 0 Å². The third-order valence-electron chi connectivity index (χ3n) is 3.56. The van der Waals surface area contributed by atoms with E-state index in [0.717, 1.165) is 45.3 Å². The van der Waals surface area contributed by atoms with E-state index in [-0.39, 0.29) is 0 Å². The Balaban J connectivity index is 2.37. The fraction of sp³-hybridized carbons (Fsp3) is 0.250. The van der Waals surface area contributed by atoms with Gasteiger partial charge in [-0.3, -0.25) is 9.20 Å². The molecule has 114 valence electrons. The van der Waals surface area contributed by atoms with E-state index in [0.29, 0.717) is 5.69 Å². The van der Waals surface area contributed by atoms with E-state index >= 15 is 0 Å². The molecule has 0 saturated heterocycles. The molecule has 0 N–H and O–H groups in total. The molecule has 0 spiro atoms. The summed E-state index contributed by atoms with van der Waals surface area (Å²) in [7, 11) is 3.26. The van der Waals surface area contributed by atoms with Crippen LogP contribution in [0.5, 0.6) is 11.5 Å². The average molecular weight is 316 g/mol. The lowest BCUT2D eigenvalue weighted by molar-refractivity contribution is 0.111. The third kappa shape index (κ3) is 2.16. The average Bonchev–Trinajstić information content (AvgIpc) is 3.12. The highest BCUT2D eigenvalue weighted by Crippen LogP contribution is 2.39. The summed E-state index contributed by atoms with van der Waals surface area (Å²) in [5.41, 5.74) is 2.37. The number of hydrogen-bond acceptors (Lipinski definition) is 5. The minimum Gasteiger partial charge on any atom is -0.497 e. The fourth-order valence-corrected chi connectivity index (χ4v) is 3.58. The molecule has 0 aliphatic rings. The first kappa shape index (κ1) is 14.6. The minimum absolute atomic E-state index is 0.533. The number of rotatable bonds is 5. The Morgan fingerprint density at radius 1 is 1.32 bits per heavy atom. The molecule has 0 bridgehead atoms. The molecular weight excluding hydrogens is 300 g/mol. The van der Waals surface area contributed by atoms with Crippen molar-refractivity contribution in [3.63, 3.8) is 0 Å². The second kappa shape index (κ2) is 5.81. The Morgan fingerprint density at radius 3 is 2.77 bits per heavy atom. The molecular formula is C16H16N2O3S. The first-order chi connectivity index (χ1) is 10.7. The van der Waals surface area contributed by atoms with E-state index in [4.69, 9.17) is 9.47 Å². The number of benzene rings is 1. The van der Waals surface area contributed by atoms with Crippen LogP contribution >= 0.6 is 11.3 Å². The van der Waals surface area contributed by atoms with E-state index in [1.165, 1.54) is 0 Å². The molecule has 22 heavy (non-hydrogen) atoms. The summed E-state index contributed by atoms with van der Waals surface area (Å²) in [5, 5.41) is 0. The molecule has 3 rings (SSSR count). The van der Waals surface area contributed by atoms with Gasteiger partial charge in [0.25, 0.3) is 0 Å². The Labute approximate surface area is 132 Å². The van der Waals surface area contributed by atoms with Gasteiger partial charge in [0.2, 0.25) is 0 Å². The van der Waals surface area contributed by atoms with Crippen molar-refractivity contribution in [2.45, 2.75) is 13.3 Å². The third-order valence-corrected chi connectivity index (χ3v) is 4.76. The molecule has 0 amide bonds. The topological polar surface area (TPSA) is 52.8 Å². The van der Waals surface area contributed by atoms with Crippen molar-refractivity contribution < 1.29 is 14.3 Å². The van der Waals surface area contributed by atoms with Gasteiger partial charge in [-0.1, -0.05) is 6.92 Å². The van der Waals surface area contributed by atoms with E-state index in [1.54, 1.807) is 31.8 Å². The molecule has 1 aromatic carbocycles. The molecule has 2 aromatic heterocycles. The molecule has 0 radical (unpaired) electrons. The van der Waals surface area contributed by atoms with Crippen molar-refractivity contribution in [3.8, 4) is 22.8 Å². The molecule has 0 saturated carbocycles. The van der Waals surface area contributed by atoms with Crippen LogP contribution in [0.3, 0.4) is 0 Å². The molecule has 0 aliphatic carbocycles. The van der Waals surface area contributed by atoms with Crippen LogP contribution in [0.4, 0.5) is 0 Å². The summed E-state index contributed by atoms with van der Waals surface area (Å²) in [6.45, 7) is 2.09. The van der Waals surface area contributed by atoms with Gasteiger partial charge in [0.15, 0.2) is 11.2 Å². The van der Waals surface area contributed by atoms with Crippen LogP contribution < -0.4 is 9.47 Å². The Bertz CT molecular complexity index is 835. The largest absolute Gasteiger partial charge is 0.497 e. The predicted molar refractivity (Wildman–Crippen MR) is 86.4 cm³/mol. The number of imidazole rings is 1. The quantitative estimate of drug-likeness (QED) is 0.677. The van der Waals surface area contributed by atoms with Gasteiger partial charge < -0.3 is 9.47 Å². The summed E-state index contributed by atoms with van der Waals surface area (Å²) < 4.78 is 12.7. The SMILES string of the molecule is CCc1sc2ncc(C=O)n2c1-c1cc(OC)ccc1OC. The lowest BCUT2D eigenvalue weighted by atomic mass is 10.1. The molecule has 0 aliphatic heterocycles. The zero-order valence-electron chi connectivity index (χ0n) is 12.6. The van der Waals surface area contributed by atoms with E-state index in [2.05, 4.69) is 11.9 Å². The molecule has 0 unspecified atom stereocenters. The zero-order chi connectivity index (χ0) is 15.7. The number of hydrogen-bond donors (Lipinski definition) is 0. The van der Waals surface area contributed by atoms with Crippen LogP contribution in [-0.2, 0) is 6.42 Å². The minimum atomic E-state index is 0.533. The first-order valence-corrected chi connectivity index (χ1v) is 7.71. The number of methoxy groups -OCH3 is 2. The fourth-order valence-electron chi connectivity index (χ4n) is 2.52. The first-order valence-electron chi connectivity index (χ1n) is 6.90.